The fourth-order valence-electron chi connectivity index (χ4n) is 1.99. The van der Waals surface area contributed by atoms with Crippen molar-refractivity contribution in [2.75, 3.05) is 13.7 Å². The summed E-state index contributed by atoms with van der Waals surface area (Å²) in [6, 6.07) is 8.89. The number of carbonyl (C=O) groups is 1. The van der Waals surface area contributed by atoms with E-state index < -0.39 is 11.7 Å². The van der Waals surface area contributed by atoms with Gasteiger partial charge in [0.15, 0.2) is 11.5 Å². The van der Waals surface area contributed by atoms with Gasteiger partial charge in [-0.1, -0.05) is 6.92 Å². The third kappa shape index (κ3) is 5.42. The van der Waals surface area contributed by atoms with Crippen LogP contribution in [0.4, 0.5) is 4.39 Å². The van der Waals surface area contributed by atoms with Crippen molar-refractivity contribution in [3.63, 3.8) is 0 Å². The Kier molecular flexibility index (Phi) is 7.17. The molecule has 5 nitrogen and oxygen atoms in total. The normalized spacial score (nSPS) is 10.7. The lowest BCUT2D eigenvalue weighted by molar-refractivity contribution is 0.0955. The van der Waals surface area contributed by atoms with E-state index in [9.17, 15) is 9.18 Å². The van der Waals surface area contributed by atoms with Gasteiger partial charge in [-0.15, -0.1) is 0 Å². The van der Waals surface area contributed by atoms with Gasteiger partial charge in [0.2, 0.25) is 0 Å². The number of ether oxygens (including phenoxy) is 2. The largest absolute Gasteiger partial charge is 0.493 e. The molecule has 2 aromatic carbocycles. The molecule has 2 aromatic rings. The molecule has 0 heterocycles. The first-order valence-corrected chi connectivity index (χ1v) is 8.72. The lowest BCUT2D eigenvalue weighted by Crippen LogP contribution is -2.17. The molecule has 0 fully saturated rings. The minimum atomic E-state index is -0.416. The van der Waals surface area contributed by atoms with Crippen molar-refractivity contribution in [2.45, 2.75) is 13.3 Å². The summed E-state index contributed by atoms with van der Waals surface area (Å²) < 4.78 is 24.8. The number of methoxy groups -OCH3 is 1. The number of nitrogens with one attached hydrogen (secondary N) is 1. The summed E-state index contributed by atoms with van der Waals surface area (Å²) >= 11 is 2.16. The van der Waals surface area contributed by atoms with Crippen LogP contribution in [0.2, 0.25) is 0 Å². The zero-order chi connectivity index (χ0) is 18.2. The summed E-state index contributed by atoms with van der Waals surface area (Å²) in [6.45, 7) is 2.64. The van der Waals surface area contributed by atoms with Gasteiger partial charge in [0.1, 0.15) is 5.82 Å². The molecular weight excluding hydrogens is 438 g/mol. The Labute approximate surface area is 159 Å². The van der Waals surface area contributed by atoms with E-state index in [2.05, 4.69) is 33.1 Å². The van der Waals surface area contributed by atoms with Crippen molar-refractivity contribution in [3.8, 4) is 11.5 Å². The number of carbonyl (C=O) groups excluding carboxylic acids is 1. The number of hydrogen-bond donors (Lipinski definition) is 1. The summed E-state index contributed by atoms with van der Waals surface area (Å²) in [7, 11) is 1.57. The van der Waals surface area contributed by atoms with Crippen LogP contribution < -0.4 is 14.9 Å². The maximum atomic E-state index is 12.9. The Balaban J connectivity index is 2.08. The molecule has 0 aliphatic rings. The maximum absolute atomic E-state index is 12.9. The molecule has 0 saturated heterocycles. The van der Waals surface area contributed by atoms with Crippen LogP contribution in [0.25, 0.3) is 0 Å². The van der Waals surface area contributed by atoms with Crippen molar-refractivity contribution in [1.29, 1.82) is 0 Å². The molecule has 25 heavy (non-hydrogen) atoms. The summed E-state index contributed by atoms with van der Waals surface area (Å²) in [5.41, 5.74) is 3.49. The summed E-state index contributed by atoms with van der Waals surface area (Å²) in [5, 5.41) is 3.93. The summed E-state index contributed by atoms with van der Waals surface area (Å²) in [4.78, 5) is 11.9. The molecule has 132 valence electrons. The van der Waals surface area contributed by atoms with Crippen LogP contribution in [0, 0.1) is 9.39 Å². The lowest BCUT2D eigenvalue weighted by Gasteiger charge is -2.12. The van der Waals surface area contributed by atoms with Crippen LogP contribution in [0.15, 0.2) is 41.5 Å². The van der Waals surface area contributed by atoms with Gasteiger partial charge in [-0.2, -0.15) is 5.10 Å². The molecule has 2 rings (SSSR count). The van der Waals surface area contributed by atoms with E-state index in [0.29, 0.717) is 23.7 Å². The summed E-state index contributed by atoms with van der Waals surface area (Å²) in [5.74, 6) is 0.483. The molecule has 0 saturated carbocycles. The molecule has 0 bridgehead atoms. The van der Waals surface area contributed by atoms with E-state index in [0.717, 1.165) is 15.6 Å². The minimum absolute atomic E-state index is 0.328. The van der Waals surface area contributed by atoms with Crippen molar-refractivity contribution in [1.82, 2.24) is 5.43 Å². The second-order valence-electron chi connectivity index (χ2n) is 5.09. The molecular formula is C18H18FIN2O3. The third-order valence-electron chi connectivity index (χ3n) is 3.19. The number of rotatable bonds is 7. The van der Waals surface area contributed by atoms with Crippen LogP contribution in [0.1, 0.15) is 29.3 Å². The predicted molar refractivity (Wildman–Crippen MR) is 103 cm³/mol. The highest BCUT2D eigenvalue weighted by Crippen LogP contribution is 2.33. The second-order valence-corrected chi connectivity index (χ2v) is 6.25. The highest BCUT2D eigenvalue weighted by molar-refractivity contribution is 14.1. The van der Waals surface area contributed by atoms with E-state index in [1.165, 1.54) is 30.5 Å². The number of benzene rings is 2. The fraction of sp³-hybridized carbons (Fsp3) is 0.222. The standard InChI is InChI=1S/C18H18FIN2O3/c1-3-8-25-17-15(20)9-12(10-16(17)24-2)11-21-22-18(23)13-4-6-14(19)7-5-13/h4-7,9-11H,3,8H2,1-2H3,(H,22,23)/b21-11-. The Morgan fingerprint density at radius 2 is 2.04 bits per heavy atom. The third-order valence-corrected chi connectivity index (χ3v) is 3.99. The van der Waals surface area contributed by atoms with Crippen LogP contribution in [0.5, 0.6) is 11.5 Å². The monoisotopic (exact) mass is 456 g/mol. The zero-order valence-corrected chi connectivity index (χ0v) is 16.0. The molecule has 0 aliphatic carbocycles. The summed E-state index contributed by atoms with van der Waals surface area (Å²) in [6.07, 6.45) is 2.41. The molecule has 0 aromatic heterocycles. The molecule has 0 radical (unpaired) electrons. The predicted octanol–water partition coefficient (Wildman–Crippen LogP) is 3.99. The van der Waals surface area contributed by atoms with E-state index in [4.69, 9.17) is 9.47 Å². The lowest BCUT2D eigenvalue weighted by atomic mass is 10.2. The molecule has 0 aliphatic heterocycles. The minimum Gasteiger partial charge on any atom is -0.493 e. The first kappa shape index (κ1) is 19.2. The average Bonchev–Trinajstić information content (AvgIpc) is 2.61. The quantitative estimate of drug-likeness (QED) is 0.390. The molecule has 1 N–H and O–H groups in total. The fourth-order valence-corrected chi connectivity index (χ4v) is 2.77. The van der Waals surface area contributed by atoms with Crippen LogP contribution in [0.3, 0.4) is 0 Å². The Hall–Kier alpha value is -2.16. The van der Waals surface area contributed by atoms with Gasteiger partial charge in [-0.3, -0.25) is 4.79 Å². The van der Waals surface area contributed by atoms with Crippen LogP contribution >= 0.6 is 22.6 Å². The Morgan fingerprint density at radius 3 is 2.68 bits per heavy atom. The molecule has 7 heteroatoms. The highest BCUT2D eigenvalue weighted by atomic mass is 127. The number of amides is 1. The SMILES string of the molecule is CCCOc1c(I)cc(/C=N\NC(=O)c2ccc(F)cc2)cc1OC. The van der Waals surface area contributed by atoms with E-state index in [1.54, 1.807) is 13.2 Å². The van der Waals surface area contributed by atoms with E-state index in [1.807, 2.05) is 13.0 Å². The van der Waals surface area contributed by atoms with Gasteiger partial charge in [0.25, 0.3) is 5.91 Å². The van der Waals surface area contributed by atoms with Crippen molar-refractivity contribution < 1.29 is 18.7 Å². The Bertz CT molecular complexity index is 764. The first-order valence-electron chi connectivity index (χ1n) is 7.64. The van der Waals surface area contributed by atoms with E-state index in [-0.39, 0.29) is 0 Å². The van der Waals surface area contributed by atoms with Gasteiger partial charge < -0.3 is 9.47 Å². The van der Waals surface area contributed by atoms with Crippen molar-refractivity contribution >= 4 is 34.7 Å². The highest BCUT2D eigenvalue weighted by Gasteiger charge is 2.11. The number of hydrogen-bond acceptors (Lipinski definition) is 4. The van der Waals surface area contributed by atoms with Gasteiger partial charge in [-0.05, 0) is 71.0 Å². The van der Waals surface area contributed by atoms with Crippen molar-refractivity contribution in [3.05, 3.63) is 56.9 Å². The second kappa shape index (κ2) is 9.36. The topological polar surface area (TPSA) is 59.9 Å². The van der Waals surface area contributed by atoms with Crippen LogP contribution in [-0.2, 0) is 0 Å². The number of nitrogens with zero attached hydrogens (tertiary/aromatic N) is 1. The number of halogens is 2. The Morgan fingerprint density at radius 1 is 1.32 bits per heavy atom. The van der Waals surface area contributed by atoms with Gasteiger partial charge in [0.05, 0.1) is 23.5 Å². The van der Waals surface area contributed by atoms with Crippen LogP contribution in [-0.4, -0.2) is 25.8 Å². The molecule has 0 atom stereocenters. The van der Waals surface area contributed by atoms with Gasteiger partial charge in [-0.25, -0.2) is 9.82 Å². The van der Waals surface area contributed by atoms with Gasteiger partial charge in [0, 0.05) is 5.56 Å². The number of hydrazone groups is 1. The first-order chi connectivity index (χ1) is 12.0. The molecule has 1 amide bonds. The molecule has 0 unspecified atom stereocenters. The van der Waals surface area contributed by atoms with Crippen molar-refractivity contribution in [2.24, 2.45) is 5.10 Å². The zero-order valence-electron chi connectivity index (χ0n) is 13.9. The van der Waals surface area contributed by atoms with Gasteiger partial charge >= 0.3 is 0 Å². The van der Waals surface area contributed by atoms with E-state index >= 15 is 0 Å². The maximum Gasteiger partial charge on any atom is 0.271 e. The average molecular weight is 456 g/mol. The molecule has 0 spiro atoms. The smallest absolute Gasteiger partial charge is 0.271 e.